The molecule has 1 aromatic rings. The van der Waals surface area contributed by atoms with E-state index < -0.39 is 45.7 Å². The number of rotatable bonds is 4. The van der Waals surface area contributed by atoms with Crippen LogP contribution in [0.15, 0.2) is 12.1 Å². The van der Waals surface area contributed by atoms with E-state index >= 15 is 0 Å². The van der Waals surface area contributed by atoms with E-state index in [0.29, 0.717) is 12.1 Å². The van der Waals surface area contributed by atoms with Gasteiger partial charge >= 0.3 is 11.7 Å². The molecule has 0 saturated heterocycles. The number of halogens is 2. The van der Waals surface area contributed by atoms with E-state index in [-0.39, 0.29) is 0 Å². The van der Waals surface area contributed by atoms with Gasteiger partial charge in [0.05, 0.1) is 10.5 Å². The summed E-state index contributed by atoms with van der Waals surface area (Å²) >= 11 is 0. The molecule has 2 N–H and O–H groups in total. The van der Waals surface area contributed by atoms with E-state index in [9.17, 15) is 28.5 Å². The molecule has 1 amide bonds. The highest BCUT2D eigenvalue weighted by atomic mass is 19.1. The number of amides is 1. The molecule has 1 atom stereocenters. The minimum Gasteiger partial charge on any atom is -0.479 e. The number of hydrogen-bond acceptors (Lipinski definition) is 4. The van der Waals surface area contributed by atoms with Crippen molar-refractivity contribution in [1.29, 1.82) is 0 Å². The summed E-state index contributed by atoms with van der Waals surface area (Å²) in [6.45, 7) is 0.948. The van der Waals surface area contributed by atoms with Crippen molar-refractivity contribution in [3.8, 4) is 0 Å². The fourth-order valence-electron chi connectivity index (χ4n) is 1.42. The molecule has 0 bridgehead atoms. The summed E-state index contributed by atoms with van der Waals surface area (Å²) in [5.74, 6) is -5.53. The second-order valence-corrected chi connectivity index (χ2v) is 3.52. The standard InChI is InChI=1S/C10H8F2N2O5/c1-4(15)13-9(10(16)17)7-5(11)2-3-6(8(7)12)14(18)19/h2-3,9H,1H3,(H,13,15)(H,16,17). The van der Waals surface area contributed by atoms with Gasteiger partial charge in [0.2, 0.25) is 11.7 Å². The smallest absolute Gasteiger partial charge is 0.331 e. The van der Waals surface area contributed by atoms with Gasteiger partial charge in [-0.05, 0) is 6.07 Å². The lowest BCUT2D eigenvalue weighted by atomic mass is 10.0. The Labute approximate surface area is 105 Å². The third kappa shape index (κ3) is 3.00. The molecule has 1 aromatic carbocycles. The lowest BCUT2D eigenvalue weighted by Crippen LogP contribution is -2.33. The van der Waals surface area contributed by atoms with Crippen molar-refractivity contribution in [1.82, 2.24) is 5.32 Å². The Kier molecular flexibility index (Phi) is 4.10. The van der Waals surface area contributed by atoms with E-state index in [1.807, 2.05) is 0 Å². The van der Waals surface area contributed by atoms with Gasteiger partial charge in [-0.1, -0.05) is 0 Å². The molecule has 0 spiro atoms. The Morgan fingerprint density at radius 3 is 2.42 bits per heavy atom. The number of benzene rings is 1. The van der Waals surface area contributed by atoms with Crippen LogP contribution in [0.4, 0.5) is 14.5 Å². The number of carbonyl (C=O) groups excluding carboxylic acids is 1. The van der Waals surface area contributed by atoms with Gasteiger partial charge in [-0.2, -0.15) is 4.39 Å². The first-order valence-corrected chi connectivity index (χ1v) is 4.88. The monoisotopic (exact) mass is 274 g/mol. The van der Waals surface area contributed by atoms with Gasteiger partial charge in [0, 0.05) is 13.0 Å². The van der Waals surface area contributed by atoms with Crippen molar-refractivity contribution in [3.63, 3.8) is 0 Å². The maximum absolute atomic E-state index is 13.7. The lowest BCUT2D eigenvalue weighted by molar-refractivity contribution is -0.387. The van der Waals surface area contributed by atoms with E-state index in [1.165, 1.54) is 0 Å². The van der Waals surface area contributed by atoms with Crippen molar-refractivity contribution >= 4 is 17.6 Å². The first-order chi connectivity index (χ1) is 8.75. The molecular weight excluding hydrogens is 266 g/mol. The Balaban J connectivity index is 3.45. The van der Waals surface area contributed by atoms with E-state index in [2.05, 4.69) is 0 Å². The minimum atomic E-state index is -2.04. The zero-order chi connectivity index (χ0) is 14.7. The molecule has 0 radical (unpaired) electrons. The summed E-state index contributed by atoms with van der Waals surface area (Å²) in [5.41, 5.74) is -2.16. The molecule has 0 fully saturated rings. The SMILES string of the molecule is CC(=O)NC(C(=O)O)c1c(F)ccc([N+](=O)[O-])c1F. The van der Waals surface area contributed by atoms with Gasteiger partial charge in [-0.15, -0.1) is 0 Å². The van der Waals surface area contributed by atoms with Crippen LogP contribution < -0.4 is 5.32 Å². The Morgan fingerprint density at radius 2 is 2.00 bits per heavy atom. The van der Waals surface area contributed by atoms with Crippen LogP contribution >= 0.6 is 0 Å². The molecule has 0 aromatic heterocycles. The molecular formula is C10H8F2N2O5. The van der Waals surface area contributed by atoms with Crippen LogP contribution in [0.5, 0.6) is 0 Å². The number of nitro benzene ring substituents is 1. The van der Waals surface area contributed by atoms with Crippen LogP contribution in [0.1, 0.15) is 18.5 Å². The van der Waals surface area contributed by atoms with Crippen molar-refractivity contribution < 1.29 is 28.4 Å². The predicted molar refractivity (Wildman–Crippen MR) is 57.2 cm³/mol. The number of aliphatic carboxylic acids is 1. The molecule has 9 heteroatoms. The summed E-state index contributed by atoms with van der Waals surface area (Å²) in [6.07, 6.45) is 0. The van der Waals surface area contributed by atoms with Gasteiger partial charge in [0.1, 0.15) is 5.82 Å². The molecule has 1 rings (SSSR count). The van der Waals surface area contributed by atoms with Crippen molar-refractivity contribution in [2.24, 2.45) is 0 Å². The molecule has 19 heavy (non-hydrogen) atoms. The van der Waals surface area contributed by atoms with Crippen LogP contribution in [0.25, 0.3) is 0 Å². The summed E-state index contributed by atoms with van der Waals surface area (Å²) < 4.78 is 27.2. The van der Waals surface area contributed by atoms with Crippen molar-refractivity contribution in [2.45, 2.75) is 13.0 Å². The van der Waals surface area contributed by atoms with Crippen LogP contribution in [-0.2, 0) is 9.59 Å². The maximum atomic E-state index is 13.7. The quantitative estimate of drug-likeness (QED) is 0.631. The van der Waals surface area contributed by atoms with Gasteiger partial charge in [-0.3, -0.25) is 14.9 Å². The van der Waals surface area contributed by atoms with Crippen LogP contribution in [-0.4, -0.2) is 21.9 Å². The predicted octanol–water partition coefficient (Wildman–Crippen LogP) is 1.13. The topological polar surface area (TPSA) is 110 Å². The number of nitro groups is 1. The molecule has 0 aliphatic rings. The molecule has 7 nitrogen and oxygen atoms in total. The highest BCUT2D eigenvalue weighted by molar-refractivity contribution is 5.83. The third-order valence-electron chi connectivity index (χ3n) is 2.19. The average molecular weight is 274 g/mol. The Bertz CT molecular complexity index is 561. The maximum Gasteiger partial charge on any atom is 0.331 e. The molecule has 0 heterocycles. The molecule has 1 unspecified atom stereocenters. The van der Waals surface area contributed by atoms with Crippen molar-refractivity contribution in [3.05, 3.63) is 39.4 Å². The Hall–Kier alpha value is -2.58. The highest BCUT2D eigenvalue weighted by Crippen LogP contribution is 2.28. The lowest BCUT2D eigenvalue weighted by Gasteiger charge is -2.15. The van der Waals surface area contributed by atoms with Crippen LogP contribution in [0.3, 0.4) is 0 Å². The highest BCUT2D eigenvalue weighted by Gasteiger charge is 2.32. The Morgan fingerprint density at radius 1 is 1.42 bits per heavy atom. The fraction of sp³-hybridized carbons (Fsp3) is 0.200. The van der Waals surface area contributed by atoms with Crippen LogP contribution in [0, 0.1) is 21.7 Å². The van der Waals surface area contributed by atoms with E-state index in [1.54, 1.807) is 5.32 Å². The van der Waals surface area contributed by atoms with Gasteiger partial charge in [0.25, 0.3) is 0 Å². The largest absolute Gasteiger partial charge is 0.479 e. The summed E-state index contributed by atoms with van der Waals surface area (Å²) in [5, 5.41) is 21.1. The number of nitrogens with one attached hydrogen (secondary N) is 1. The van der Waals surface area contributed by atoms with Crippen molar-refractivity contribution in [2.75, 3.05) is 0 Å². The molecule has 0 aliphatic carbocycles. The second kappa shape index (κ2) is 5.38. The summed E-state index contributed by atoms with van der Waals surface area (Å²) in [6, 6.07) is -0.910. The fourth-order valence-corrected chi connectivity index (χ4v) is 1.42. The molecule has 0 saturated carbocycles. The third-order valence-corrected chi connectivity index (χ3v) is 2.19. The molecule has 102 valence electrons. The number of carboxylic acids is 1. The summed E-state index contributed by atoms with van der Waals surface area (Å²) in [7, 11) is 0. The first-order valence-electron chi connectivity index (χ1n) is 4.88. The van der Waals surface area contributed by atoms with E-state index in [4.69, 9.17) is 5.11 Å². The number of nitrogens with zero attached hydrogens (tertiary/aromatic N) is 1. The zero-order valence-electron chi connectivity index (χ0n) is 9.52. The number of carboxylic acid groups (broad SMARTS) is 1. The van der Waals surface area contributed by atoms with E-state index in [0.717, 1.165) is 6.92 Å². The zero-order valence-corrected chi connectivity index (χ0v) is 9.52. The van der Waals surface area contributed by atoms with Crippen LogP contribution in [0.2, 0.25) is 0 Å². The first kappa shape index (κ1) is 14.5. The van der Waals surface area contributed by atoms with Gasteiger partial charge < -0.3 is 10.4 Å². The van der Waals surface area contributed by atoms with Gasteiger partial charge in [0.15, 0.2) is 6.04 Å². The normalized spacial score (nSPS) is 11.7. The second-order valence-electron chi connectivity index (χ2n) is 3.52. The van der Waals surface area contributed by atoms with Gasteiger partial charge in [-0.25, -0.2) is 9.18 Å². The minimum absolute atomic E-state index is 0.564. The summed E-state index contributed by atoms with van der Waals surface area (Å²) in [4.78, 5) is 31.1. The molecule has 0 aliphatic heterocycles. The number of carbonyl (C=O) groups is 2. The average Bonchev–Trinajstić information content (AvgIpc) is 2.26. The number of hydrogen-bond donors (Lipinski definition) is 2.